The molecule has 2 saturated carbocycles. The number of aliphatic hydroxyl groups excluding tert-OH is 2. The fourth-order valence-corrected chi connectivity index (χ4v) is 2.75. The minimum atomic E-state index is -0.105. The van der Waals surface area contributed by atoms with Gasteiger partial charge in [-0.15, -0.1) is 0 Å². The lowest BCUT2D eigenvalue weighted by Gasteiger charge is -2.15. The van der Waals surface area contributed by atoms with E-state index >= 15 is 0 Å². The molecule has 0 bridgehead atoms. The smallest absolute Gasteiger partial charge is 0.0540 e. The topological polar surface area (TPSA) is 40.5 Å². The van der Waals surface area contributed by atoms with Crippen molar-refractivity contribution in [3.8, 4) is 0 Å². The summed E-state index contributed by atoms with van der Waals surface area (Å²) >= 11 is 0. The van der Waals surface area contributed by atoms with Crippen molar-refractivity contribution in [1.82, 2.24) is 0 Å². The van der Waals surface area contributed by atoms with E-state index in [-0.39, 0.29) is 11.5 Å². The summed E-state index contributed by atoms with van der Waals surface area (Å²) in [7, 11) is 0. The SMILES string of the molecule is CC1(CCCC(O)CCCC2(CO)CC2)CC1. The van der Waals surface area contributed by atoms with Gasteiger partial charge < -0.3 is 10.2 Å². The van der Waals surface area contributed by atoms with Crippen LogP contribution in [0.3, 0.4) is 0 Å². The Bertz CT molecular complexity index is 241. The molecular weight excluding hydrogens is 212 g/mol. The zero-order chi connectivity index (χ0) is 12.4. The van der Waals surface area contributed by atoms with Gasteiger partial charge in [-0.2, -0.15) is 0 Å². The molecule has 2 N–H and O–H groups in total. The quantitative estimate of drug-likeness (QED) is 0.649. The summed E-state index contributed by atoms with van der Waals surface area (Å²) in [6.45, 7) is 2.71. The third-order valence-corrected chi connectivity index (χ3v) is 4.96. The van der Waals surface area contributed by atoms with Crippen molar-refractivity contribution >= 4 is 0 Å². The van der Waals surface area contributed by atoms with E-state index in [1.54, 1.807) is 0 Å². The molecule has 2 nitrogen and oxygen atoms in total. The highest BCUT2D eigenvalue weighted by Gasteiger charge is 2.41. The highest BCUT2D eigenvalue weighted by molar-refractivity contribution is 4.92. The molecule has 2 fully saturated rings. The summed E-state index contributed by atoms with van der Waals surface area (Å²) in [6, 6.07) is 0. The minimum absolute atomic E-state index is 0.105. The van der Waals surface area contributed by atoms with Gasteiger partial charge in [0.2, 0.25) is 0 Å². The molecular formula is C15H28O2. The van der Waals surface area contributed by atoms with Gasteiger partial charge in [-0.25, -0.2) is 0 Å². The fraction of sp³-hybridized carbons (Fsp3) is 1.00. The summed E-state index contributed by atoms with van der Waals surface area (Å²) < 4.78 is 0. The maximum absolute atomic E-state index is 9.89. The van der Waals surface area contributed by atoms with Crippen LogP contribution >= 0.6 is 0 Å². The Morgan fingerprint density at radius 3 is 2.06 bits per heavy atom. The van der Waals surface area contributed by atoms with E-state index < -0.39 is 0 Å². The molecule has 0 amide bonds. The first-order chi connectivity index (χ1) is 8.08. The molecule has 2 rings (SSSR count). The zero-order valence-corrected chi connectivity index (χ0v) is 11.2. The number of rotatable bonds is 9. The Hall–Kier alpha value is -0.0800. The normalized spacial score (nSPS) is 25.6. The van der Waals surface area contributed by atoms with Crippen molar-refractivity contribution in [2.45, 2.75) is 77.2 Å². The Labute approximate surface area is 105 Å². The van der Waals surface area contributed by atoms with Crippen LogP contribution in [-0.4, -0.2) is 22.9 Å². The number of hydrogen-bond acceptors (Lipinski definition) is 2. The molecule has 0 aromatic carbocycles. The molecule has 0 heterocycles. The maximum Gasteiger partial charge on any atom is 0.0540 e. The molecule has 0 saturated heterocycles. The second-order valence-electron chi connectivity index (χ2n) is 6.91. The van der Waals surface area contributed by atoms with E-state index in [0.717, 1.165) is 25.7 Å². The van der Waals surface area contributed by atoms with Gasteiger partial charge in [0.05, 0.1) is 6.10 Å². The Morgan fingerprint density at radius 1 is 1.00 bits per heavy atom. The van der Waals surface area contributed by atoms with Gasteiger partial charge in [-0.3, -0.25) is 0 Å². The van der Waals surface area contributed by atoms with E-state index in [1.165, 1.54) is 38.5 Å². The zero-order valence-electron chi connectivity index (χ0n) is 11.2. The van der Waals surface area contributed by atoms with Gasteiger partial charge >= 0.3 is 0 Å². The standard InChI is InChI=1S/C15H28O2/c1-14(8-9-14)6-2-4-13(17)5-3-7-15(12-16)10-11-15/h13,16-17H,2-12H2,1H3. The van der Waals surface area contributed by atoms with E-state index in [4.69, 9.17) is 0 Å². The Morgan fingerprint density at radius 2 is 1.59 bits per heavy atom. The minimum Gasteiger partial charge on any atom is -0.396 e. The molecule has 17 heavy (non-hydrogen) atoms. The van der Waals surface area contributed by atoms with Crippen LogP contribution in [0.1, 0.15) is 71.1 Å². The molecule has 0 aliphatic heterocycles. The molecule has 2 aliphatic carbocycles. The first-order valence-corrected chi connectivity index (χ1v) is 7.37. The van der Waals surface area contributed by atoms with E-state index in [1.807, 2.05) is 0 Å². The van der Waals surface area contributed by atoms with Crippen LogP contribution < -0.4 is 0 Å². The average molecular weight is 240 g/mol. The van der Waals surface area contributed by atoms with Gasteiger partial charge in [0.15, 0.2) is 0 Å². The summed E-state index contributed by atoms with van der Waals surface area (Å²) in [5, 5.41) is 19.1. The predicted octanol–water partition coefficient (Wildman–Crippen LogP) is 3.26. The van der Waals surface area contributed by atoms with Crippen molar-refractivity contribution in [3.63, 3.8) is 0 Å². The molecule has 100 valence electrons. The van der Waals surface area contributed by atoms with Crippen LogP contribution in [0.5, 0.6) is 0 Å². The molecule has 0 aromatic rings. The molecule has 0 aromatic heterocycles. The van der Waals surface area contributed by atoms with Crippen LogP contribution in [0.15, 0.2) is 0 Å². The third kappa shape index (κ3) is 4.26. The maximum atomic E-state index is 9.89. The molecule has 2 aliphatic rings. The van der Waals surface area contributed by atoms with Crippen LogP contribution in [0.25, 0.3) is 0 Å². The molecule has 1 unspecified atom stereocenters. The van der Waals surface area contributed by atoms with Crippen molar-refractivity contribution in [2.75, 3.05) is 6.61 Å². The summed E-state index contributed by atoms with van der Waals surface area (Å²) in [5.74, 6) is 0. The first kappa shape index (κ1) is 13.4. The lowest BCUT2D eigenvalue weighted by atomic mass is 9.95. The number of aliphatic hydroxyl groups is 2. The first-order valence-electron chi connectivity index (χ1n) is 7.37. The highest BCUT2D eigenvalue weighted by Crippen LogP contribution is 2.50. The molecule has 1 atom stereocenters. The van der Waals surface area contributed by atoms with Gasteiger partial charge in [-0.1, -0.05) is 19.8 Å². The van der Waals surface area contributed by atoms with Crippen molar-refractivity contribution in [3.05, 3.63) is 0 Å². The second kappa shape index (κ2) is 5.27. The second-order valence-corrected chi connectivity index (χ2v) is 6.91. The predicted molar refractivity (Wildman–Crippen MR) is 69.8 cm³/mol. The summed E-state index contributed by atoms with van der Waals surface area (Å²) in [4.78, 5) is 0. The summed E-state index contributed by atoms with van der Waals surface area (Å²) in [6.07, 6.45) is 11.6. The van der Waals surface area contributed by atoms with Gasteiger partial charge in [-0.05, 0) is 62.2 Å². The van der Waals surface area contributed by atoms with Crippen molar-refractivity contribution in [1.29, 1.82) is 0 Å². The number of hydrogen-bond donors (Lipinski definition) is 2. The largest absolute Gasteiger partial charge is 0.396 e. The van der Waals surface area contributed by atoms with Gasteiger partial charge in [0.1, 0.15) is 0 Å². The Balaban J connectivity index is 1.47. The molecule has 0 radical (unpaired) electrons. The van der Waals surface area contributed by atoms with Crippen LogP contribution in [0.4, 0.5) is 0 Å². The van der Waals surface area contributed by atoms with Gasteiger partial charge in [0, 0.05) is 6.61 Å². The van der Waals surface area contributed by atoms with Gasteiger partial charge in [0.25, 0.3) is 0 Å². The monoisotopic (exact) mass is 240 g/mol. The summed E-state index contributed by atoms with van der Waals surface area (Å²) in [5.41, 5.74) is 0.899. The fourth-order valence-electron chi connectivity index (χ4n) is 2.75. The van der Waals surface area contributed by atoms with Crippen LogP contribution in [0, 0.1) is 10.8 Å². The van der Waals surface area contributed by atoms with Crippen LogP contribution in [-0.2, 0) is 0 Å². The molecule has 0 spiro atoms. The Kier molecular flexibility index (Phi) is 4.14. The average Bonchev–Trinajstić information content (AvgIpc) is 3.19. The van der Waals surface area contributed by atoms with E-state index in [2.05, 4.69) is 6.92 Å². The third-order valence-electron chi connectivity index (χ3n) is 4.96. The molecule has 2 heteroatoms. The van der Waals surface area contributed by atoms with Crippen molar-refractivity contribution in [2.24, 2.45) is 10.8 Å². The van der Waals surface area contributed by atoms with E-state index in [9.17, 15) is 10.2 Å². The van der Waals surface area contributed by atoms with Crippen LogP contribution in [0.2, 0.25) is 0 Å². The van der Waals surface area contributed by atoms with E-state index in [0.29, 0.717) is 12.0 Å². The lowest BCUT2D eigenvalue weighted by Crippen LogP contribution is -2.11. The van der Waals surface area contributed by atoms with Crippen molar-refractivity contribution < 1.29 is 10.2 Å². The lowest BCUT2D eigenvalue weighted by molar-refractivity contribution is 0.136. The highest BCUT2D eigenvalue weighted by atomic mass is 16.3.